The zero-order valence-electron chi connectivity index (χ0n) is 22.6. The molecule has 0 saturated carbocycles. The van der Waals surface area contributed by atoms with E-state index in [2.05, 4.69) is 5.32 Å². The van der Waals surface area contributed by atoms with Crippen LogP contribution < -0.4 is 9.62 Å². The molecule has 4 aromatic rings. The molecule has 1 N–H and O–H groups in total. The normalized spacial score (nSPS) is 11.9. The highest BCUT2D eigenvalue weighted by Crippen LogP contribution is 2.28. The summed E-state index contributed by atoms with van der Waals surface area (Å²) in [5, 5.41) is 3.23. The van der Waals surface area contributed by atoms with Gasteiger partial charge in [0.05, 0.1) is 10.6 Å². The van der Waals surface area contributed by atoms with Crippen LogP contribution in [0.5, 0.6) is 0 Å². The molecule has 7 nitrogen and oxygen atoms in total. The number of likely N-dealkylation sites (N-methyl/N-ethyl adjacent to an activating group) is 1. The van der Waals surface area contributed by atoms with Gasteiger partial charge in [0.1, 0.15) is 18.4 Å². The van der Waals surface area contributed by atoms with Gasteiger partial charge in [-0.3, -0.25) is 13.9 Å². The molecule has 0 saturated heterocycles. The molecule has 0 aliphatic carbocycles. The minimum atomic E-state index is -4.29. The van der Waals surface area contributed by atoms with Gasteiger partial charge in [-0.05, 0) is 65.7 Å². The van der Waals surface area contributed by atoms with E-state index in [1.54, 1.807) is 12.1 Å². The van der Waals surface area contributed by atoms with E-state index in [1.807, 2.05) is 30.3 Å². The van der Waals surface area contributed by atoms with Gasteiger partial charge in [-0.15, -0.1) is 0 Å². The van der Waals surface area contributed by atoms with E-state index in [1.165, 1.54) is 72.6 Å². The van der Waals surface area contributed by atoms with Crippen LogP contribution >= 0.6 is 23.2 Å². The number of halogens is 3. The highest BCUT2D eigenvalue weighted by Gasteiger charge is 2.34. The molecule has 0 bridgehead atoms. The second kappa shape index (κ2) is 13.8. The van der Waals surface area contributed by atoms with Crippen molar-refractivity contribution in [1.29, 1.82) is 0 Å². The topological polar surface area (TPSA) is 86.8 Å². The molecule has 0 aliphatic rings. The summed E-state index contributed by atoms with van der Waals surface area (Å²) in [6, 6.07) is 25.4. The maximum Gasteiger partial charge on any atom is 0.264 e. The van der Waals surface area contributed by atoms with Gasteiger partial charge in [0.15, 0.2) is 0 Å². The molecule has 0 aromatic heterocycles. The van der Waals surface area contributed by atoms with Gasteiger partial charge in [0.2, 0.25) is 11.8 Å². The van der Waals surface area contributed by atoms with Crippen molar-refractivity contribution in [3.05, 3.63) is 130 Å². The first-order valence-corrected chi connectivity index (χ1v) is 15.1. The summed E-state index contributed by atoms with van der Waals surface area (Å²) < 4.78 is 42.5. The van der Waals surface area contributed by atoms with Crippen molar-refractivity contribution in [3.8, 4) is 0 Å². The number of sulfonamides is 1. The smallest absolute Gasteiger partial charge is 0.264 e. The molecule has 0 heterocycles. The van der Waals surface area contributed by atoms with Gasteiger partial charge in [-0.2, -0.15) is 0 Å². The van der Waals surface area contributed by atoms with E-state index in [0.29, 0.717) is 10.6 Å². The predicted octanol–water partition coefficient (Wildman–Crippen LogP) is 5.71. The summed E-state index contributed by atoms with van der Waals surface area (Å²) in [7, 11) is -2.82. The molecule has 218 valence electrons. The molecule has 4 rings (SSSR count). The lowest BCUT2D eigenvalue weighted by Gasteiger charge is -2.33. The second-order valence-electron chi connectivity index (χ2n) is 9.41. The van der Waals surface area contributed by atoms with Crippen molar-refractivity contribution in [2.75, 3.05) is 17.9 Å². The Balaban J connectivity index is 1.78. The number of amides is 2. The van der Waals surface area contributed by atoms with Crippen molar-refractivity contribution in [3.63, 3.8) is 0 Å². The molecule has 11 heteroatoms. The Hall–Kier alpha value is -3.92. The molecular weight excluding hydrogens is 600 g/mol. The monoisotopic (exact) mass is 627 g/mol. The summed E-state index contributed by atoms with van der Waals surface area (Å²) in [5.41, 5.74) is 1.51. The van der Waals surface area contributed by atoms with Crippen LogP contribution in [0.2, 0.25) is 10.0 Å². The number of hydrogen-bond acceptors (Lipinski definition) is 4. The average molecular weight is 629 g/mol. The molecular formula is C31H28Cl2FN3O4S. The van der Waals surface area contributed by atoms with Crippen molar-refractivity contribution in [1.82, 2.24) is 10.2 Å². The molecule has 4 aromatic carbocycles. The molecule has 0 fully saturated rings. The first kappa shape index (κ1) is 31.0. The zero-order valence-corrected chi connectivity index (χ0v) is 24.9. The molecule has 0 spiro atoms. The first-order chi connectivity index (χ1) is 20.1. The largest absolute Gasteiger partial charge is 0.357 e. The van der Waals surface area contributed by atoms with Crippen LogP contribution in [0.3, 0.4) is 0 Å². The summed E-state index contributed by atoms with van der Waals surface area (Å²) in [4.78, 5) is 28.6. The van der Waals surface area contributed by atoms with Gasteiger partial charge < -0.3 is 10.2 Å². The van der Waals surface area contributed by atoms with Crippen molar-refractivity contribution in [2.24, 2.45) is 0 Å². The fourth-order valence-electron chi connectivity index (χ4n) is 4.40. The fourth-order valence-corrected chi connectivity index (χ4v) is 6.12. The molecule has 0 aliphatic heterocycles. The van der Waals surface area contributed by atoms with Crippen LogP contribution in [0.25, 0.3) is 0 Å². The molecule has 0 radical (unpaired) electrons. The third-order valence-electron chi connectivity index (χ3n) is 6.56. The Morgan fingerprint density at radius 2 is 1.50 bits per heavy atom. The maximum atomic E-state index is 14.2. The Morgan fingerprint density at radius 3 is 2.12 bits per heavy atom. The molecule has 2 amide bonds. The highest BCUT2D eigenvalue weighted by atomic mass is 35.5. The number of rotatable bonds is 11. The Bertz CT molecular complexity index is 1640. The minimum Gasteiger partial charge on any atom is -0.357 e. The Labute approximate surface area is 254 Å². The third kappa shape index (κ3) is 7.67. The minimum absolute atomic E-state index is 0.0750. The van der Waals surface area contributed by atoms with Gasteiger partial charge >= 0.3 is 0 Å². The van der Waals surface area contributed by atoms with Crippen LogP contribution in [-0.4, -0.2) is 44.8 Å². The number of nitrogens with one attached hydrogen (secondary N) is 1. The number of hydrogen-bond donors (Lipinski definition) is 1. The van der Waals surface area contributed by atoms with Gasteiger partial charge in [-0.1, -0.05) is 71.7 Å². The van der Waals surface area contributed by atoms with Crippen LogP contribution in [0, 0.1) is 5.82 Å². The van der Waals surface area contributed by atoms with E-state index in [9.17, 15) is 22.4 Å². The van der Waals surface area contributed by atoms with E-state index in [-0.39, 0.29) is 28.6 Å². The Kier molecular flexibility index (Phi) is 10.2. The van der Waals surface area contributed by atoms with Crippen molar-refractivity contribution in [2.45, 2.75) is 23.9 Å². The summed E-state index contributed by atoms with van der Waals surface area (Å²) in [6.45, 7) is -0.719. The van der Waals surface area contributed by atoms with E-state index in [0.717, 1.165) is 9.87 Å². The van der Waals surface area contributed by atoms with Crippen LogP contribution in [0.4, 0.5) is 10.1 Å². The number of nitrogens with zero attached hydrogens (tertiary/aromatic N) is 2. The van der Waals surface area contributed by atoms with Gasteiger partial charge in [0.25, 0.3) is 10.0 Å². The second-order valence-corrected chi connectivity index (χ2v) is 12.1. The van der Waals surface area contributed by atoms with Crippen molar-refractivity contribution < 1.29 is 22.4 Å². The maximum absolute atomic E-state index is 14.2. The molecule has 1 unspecified atom stereocenters. The highest BCUT2D eigenvalue weighted by molar-refractivity contribution is 7.92. The summed E-state index contributed by atoms with van der Waals surface area (Å²) in [5.74, 6) is -1.55. The fraction of sp³-hybridized carbons (Fsp3) is 0.161. The van der Waals surface area contributed by atoms with Gasteiger partial charge in [-0.25, -0.2) is 12.8 Å². The van der Waals surface area contributed by atoms with E-state index >= 15 is 0 Å². The first-order valence-electron chi connectivity index (χ1n) is 12.9. The van der Waals surface area contributed by atoms with E-state index < -0.39 is 40.2 Å². The lowest BCUT2D eigenvalue weighted by Crippen LogP contribution is -2.53. The molecule has 1 atom stereocenters. The predicted molar refractivity (Wildman–Crippen MR) is 162 cm³/mol. The van der Waals surface area contributed by atoms with Crippen molar-refractivity contribution >= 4 is 50.7 Å². The number of benzene rings is 4. The van der Waals surface area contributed by atoms with Crippen LogP contribution in [0.15, 0.2) is 108 Å². The molecule has 42 heavy (non-hydrogen) atoms. The standard InChI is InChI=1S/C31H28Cl2FN3O4S/c1-35-31(39)29(18-22-6-3-2-4-7-22)36(20-23-10-14-26(34)15-11-23)30(38)21-37(27-9-5-8-25(33)19-27)42(40,41)28-16-12-24(32)13-17-28/h2-17,19,29H,18,20-21H2,1H3,(H,35,39). The number of carbonyl (C=O) groups is 2. The lowest BCUT2D eigenvalue weighted by atomic mass is 10.0. The average Bonchev–Trinajstić information content (AvgIpc) is 2.98. The zero-order chi connectivity index (χ0) is 30.3. The number of carbonyl (C=O) groups excluding carboxylic acids is 2. The summed E-state index contributed by atoms with van der Waals surface area (Å²) >= 11 is 12.2. The Morgan fingerprint density at radius 1 is 0.833 bits per heavy atom. The van der Waals surface area contributed by atoms with E-state index in [4.69, 9.17) is 23.2 Å². The van der Waals surface area contributed by atoms with Crippen LogP contribution in [-0.2, 0) is 32.6 Å². The number of anilines is 1. The summed E-state index contributed by atoms with van der Waals surface area (Å²) in [6.07, 6.45) is 0.161. The lowest BCUT2D eigenvalue weighted by molar-refractivity contribution is -0.139. The quantitative estimate of drug-likeness (QED) is 0.231. The SMILES string of the molecule is CNC(=O)C(Cc1ccccc1)N(Cc1ccc(F)cc1)C(=O)CN(c1cccc(Cl)c1)S(=O)(=O)c1ccc(Cl)cc1. The van der Waals surface area contributed by atoms with Gasteiger partial charge in [0, 0.05) is 30.1 Å². The van der Waals surface area contributed by atoms with Crippen LogP contribution in [0.1, 0.15) is 11.1 Å². The third-order valence-corrected chi connectivity index (χ3v) is 8.84.